The van der Waals surface area contributed by atoms with Crippen molar-refractivity contribution >= 4 is 5.91 Å². The van der Waals surface area contributed by atoms with Gasteiger partial charge in [0.05, 0.1) is 0 Å². The lowest BCUT2D eigenvalue weighted by molar-refractivity contribution is -0.123. The highest BCUT2D eigenvalue weighted by Gasteiger charge is 2.12. The highest BCUT2D eigenvalue weighted by atomic mass is 16.5. The molecule has 1 amide bonds. The maximum Gasteiger partial charge on any atom is 0.258 e. The summed E-state index contributed by atoms with van der Waals surface area (Å²) in [5.41, 5.74) is 5.26. The van der Waals surface area contributed by atoms with Crippen molar-refractivity contribution in [2.45, 2.75) is 51.6 Å². The Labute approximate surface area is 167 Å². The lowest BCUT2D eigenvalue weighted by atomic mass is 9.92. The van der Waals surface area contributed by atoms with E-state index in [0.717, 1.165) is 30.7 Å². The fraction of sp³-hybridized carbons (Fsp3) is 0.458. The highest BCUT2D eigenvalue weighted by Crippen LogP contribution is 2.25. The van der Waals surface area contributed by atoms with Crippen molar-refractivity contribution < 1.29 is 9.53 Å². The zero-order valence-corrected chi connectivity index (χ0v) is 16.6. The van der Waals surface area contributed by atoms with Crippen LogP contribution in [-0.2, 0) is 30.7 Å². The predicted octanol–water partition coefficient (Wildman–Crippen LogP) is 3.86. The average Bonchev–Trinajstić information content (AvgIpc) is 3.24. The molecule has 148 valence electrons. The summed E-state index contributed by atoms with van der Waals surface area (Å²) in [4.78, 5) is 14.6. The second-order valence-electron chi connectivity index (χ2n) is 8.00. The summed E-state index contributed by atoms with van der Waals surface area (Å²) < 4.78 is 5.70. The number of hydrogen-bond donors (Lipinski definition) is 1. The number of carbonyl (C=O) groups is 1. The largest absolute Gasteiger partial charge is 0.484 e. The first kappa shape index (κ1) is 19.0. The summed E-state index contributed by atoms with van der Waals surface area (Å²) in [5.74, 6) is 0.709. The third-order valence-electron chi connectivity index (χ3n) is 5.81. The third-order valence-corrected chi connectivity index (χ3v) is 5.81. The Morgan fingerprint density at radius 1 is 0.893 bits per heavy atom. The minimum Gasteiger partial charge on any atom is -0.484 e. The molecule has 4 nitrogen and oxygen atoms in total. The van der Waals surface area contributed by atoms with Gasteiger partial charge in [-0.05, 0) is 86.0 Å². The molecule has 1 saturated heterocycles. The zero-order valence-electron chi connectivity index (χ0n) is 16.6. The van der Waals surface area contributed by atoms with E-state index in [1.54, 1.807) is 0 Å². The van der Waals surface area contributed by atoms with E-state index < -0.39 is 0 Å². The number of benzene rings is 2. The molecule has 0 spiro atoms. The molecule has 4 heteroatoms. The van der Waals surface area contributed by atoms with Crippen LogP contribution >= 0.6 is 0 Å². The van der Waals surface area contributed by atoms with Gasteiger partial charge in [0.15, 0.2) is 6.61 Å². The van der Waals surface area contributed by atoms with Crippen LogP contribution in [0.15, 0.2) is 42.5 Å². The van der Waals surface area contributed by atoms with Crippen LogP contribution in [0.4, 0.5) is 0 Å². The molecule has 4 rings (SSSR count). The number of fused-ring (bicyclic) bond motifs is 1. The van der Waals surface area contributed by atoms with Gasteiger partial charge in [0.2, 0.25) is 0 Å². The maximum atomic E-state index is 12.1. The first-order valence-corrected chi connectivity index (χ1v) is 10.6. The molecule has 1 fully saturated rings. The van der Waals surface area contributed by atoms with Gasteiger partial charge < -0.3 is 10.1 Å². The second-order valence-corrected chi connectivity index (χ2v) is 8.00. The molecule has 2 aromatic rings. The Kier molecular flexibility index (Phi) is 6.27. The monoisotopic (exact) mass is 378 g/mol. The fourth-order valence-electron chi connectivity index (χ4n) is 4.16. The van der Waals surface area contributed by atoms with Gasteiger partial charge in [0, 0.05) is 13.1 Å². The summed E-state index contributed by atoms with van der Waals surface area (Å²) in [7, 11) is 0. The minimum atomic E-state index is -0.0844. The molecule has 2 aliphatic rings. The quantitative estimate of drug-likeness (QED) is 0.796. The van der Waals surface area contributed by atoms with Gasteiger partial charge in [-0.3, -0.25) is 9.69 Å². The van der Waals surface area contributed by atoms with Crippen LogP contribution in [-0.4, -0.2) is 30.5 Å². The molecule has 0 aromatic heterocycles. The maximum absolute atomic E-state index is 12.1. The van der Waals surface area contributed by atoms with Gasteiger partial charge in [-0.25, -0.2) is 0 Å². The molecule has 0 bridgehead atoms. The topological polar surface area (TPSA) is 41.6 Å². The van der Waals surface area contributed by atoms with E-state index in [2.05, 4.69) is 46.6 Å². The Morgan fingerprint density at radius 2 is 1.61 bits per heavy atom. The Morgan fingerprint density at radius 3 is 2.39 bits per heavy atom. The van der Waals surface area contributed by atoms with E-state index in [1.165, 1.54) is 55.5 Å². The van der Waals surface area contributed by atoms with Gasteiger partial charge in [-0.15, -0.1) is 0 Å². The Bertz CT molecular complexity index is 795. The lowest BCUT2D eigenvalue weighted by Crippen LogP contribution is -2.28. The van der Waals surface area contributed by atoms with E-state index in [4.69, 9.17) is 4.74 Å². The number of aryl methyl sites for hydroxylation is 2. The van der Waals surface area contributed by atoms with E-state index in [0.29, 0.717) is 6.54 Å². The number of amides is 1. The van der Waals surface area contributed by atoms with Crippen molar-refractivity contribution in [2.75, 3.05) is 19.7 Å². The molecule has 2 aromatic carbocycles. The standard InChI is InChI=1S/C24H30N2O2/c27-24(18-28-23-12-11-21-5-1-2-6-22(21)15-23)25-16-19-7-9-20(10-8-19)17-26-13-3-4-14-26/h7-12,15H,1-6,13-14,16-18H2,(H,25,27). The van der Waals surface area contributed by atoms with Crippen molar-refractivity contribution in [3.05, 3.63) is 64.7 Å². The van der Waals surface area contributed by atoms with Crippen molar-refractivity contribution in [1.82, 2.24) is 10.2 Å². The highest BCUT2D eigenvalue weighted by molar-refractivity contribution is 5.77. The summed E-state index contributed by atoms with van der Waals surface area (Å²) in [6.45, 7) is 4.05. The summed E-state index contributed by atoms with van der Waals surface area (Å²) in [6, 6.07) is 14.8. The van der Waals surface area contributed by atoms with Crippen molar-refractivity contribution in [3.63, 3.8) is 0 Å². The van der Waals surface area contributed by atoms with Crippen molar-refractivity contribution in [1.29, 1.82) is 0 Å². The molecular formula is C24H30N2O2. The van der Waals surface area contributed by atoms with Crippen LogP contribution in [0.3, 0.4) is 0 Å². The predicted molar refractivity (Wildman–Crippen MR) is 111 cm³/mol. The van der Waals surface area contributed by atoms with Crippen LogP contribution in [0, 0.1) is 0 Å². The molecule has 1 heterocycles. The number of rotatable bonds is 7. The summed E-state index contributed by atoms with van der Waals surface area (Å²) in [5, 5.41) is 2.95. The molecule has 0 unspecified atom stereocenters. The van der Waals surface area contributed by atoms with E-state index >= 15 is 0 Å². The van der Waals surface area contributed by atoms with E-state index in [1.807, 2.05) is 6.07 Å². The normalized spacial score (nSPS) is 16.6. The minimum absolute atomic E-state index is 0.0613. The molecule has 1 N–H and O–H groups in total. The number of hydrogen-bond acceptors (Lipinski definition) is 3. The van der Waals surface area contributed by atoms with Gasteiger partial charge in [0.25, 0.3) is 5.91 Å². The third kappa shape index (κ3) is 5.14. The molecule has 0 saturated carbocycles. The average molecular weight is 379 g/mol. The number of nitrogens with zero attached hydrogens (tertiary/aromatic N) is 1. The van der Waals surface area contributed by atoms with Gasteiger partial charge in [-0.1, -0.05) is 30.3 Å². The second kappa shape index (κ2) is 9.24. The van der Waals surface area contributed by atoms with Crippen molar-refractivity contribution in [2.24, 2.45) is 0 Å². The first-order valence-electron chi connectivity index (χ1n) is 10.6. The smallest absolute Gasteiger partial charge is 0.258 e. The molecule has 0 atom stereocenters. The van der Waals surface area contributed by atoms with Crippen LogP contribution in [0.2, 0.25) is 0 Å². The summed E-state index contributed by atoms with van der Waals surface area (Å²) in [6.07, 6.45) is 7.43. The number of ether oxygens (including phenoxy) is 1. The summed E-state index contributed by atoms with van der Waals surface area (Å²) >= 11 is 0. The number of likely N-dealkylation sites (tertiary alicyclic amines) is 1. The Balaban J connectivity index is 1.21. The first-order chi connectivity index (χ1) is 13.8. The lowest BCUT2D eigenvalue weighted by Gasteiger charge is -2.16. The van der Waals surface area contributed by atoms with Crippen LogP contribution in [0.25, 0.3) is 0 Å². The molecule has 28 heavy (non-hydrogen) atoms. The van der Waals surface area contributed by atoms with E-state index in [-0.39, 0.29) is 12.5 Å². The van der Waals surface area contributed by atoms with Crippen LogP contribution < -0.4 is 10.1 Å². The zero-order chi connectivity index (χ0) is 19.2. The molecular weight excluding hydrogens is 348 g/mol. The Hall–Kier alpha value is -2.33. The van der Waals surface area contributed by atoms with E-state index in [9.17, 15) is 4.79 Å². The van der Waals surface area contributed by atoms with Gasteiger partial charge in [-0.2, -0.15) is 0 Å². The molecule has 0 radical (unpaired) electrons. The van der Waals surface area contributed by atoms with Crippen LogP contribution in [0.1, 0.15) is 47.9 Å². The van der Waals surface area contributed by atoms with Gasteiger partial charge >= 0.3 is 0 Å². The number of carbonyl (C=O) groups excluding carboxylic acids is 1. The van der Waals surface area contributed by atoms with Crippen LogP contribution in [0.5, 0.6) is 5.75 Å². The molecule has 1 aliphatic carbocycles. The van der Waals surface area contributed by atoms with Gasteiger partial charge in [0.1, 0.15) is 5.75 Å². The van der Waals surface area contributed by atoms with Crippen molar-refractivity contribution in [3.8, 4) is 5.75 Å². The number of nitrogens with one attached hydrogen (secondary N) is 1. The molecule has 1 aliphatic heterocycles. The fourth-order valence-corrected chi connectivity index (χ4v) is 4.16. The SMILES string of the molecule is O=C(COc1ccc2c(c1)CCCC2)NCc1ccc(CN2CCCC2)cc1.